The fourth-order valence-corrected chi connectivity index (χ4v) is 2.57. The smallest absolute Gasteiger partial charge is 0.288 e. The average Bonchev–Trinajstić information content (AvgIpc) is 2.47. The first-order valence-corrected chi connectivity index (χ1v) is 7.20. The van der Waals surface area contributed by atoms with Crippen LogP contribution in [0.3, 0.4) is 0 Å². The molecular weight excluding hydrogens is 272 g/mol. The number of amides is 1. The summed E-state index contributed by atoms with van der Waals surface area (Å²) in [6.45, 7) is 5.97. The average molecular weight is 292 g/mol. The van der Waals surface area contributed by atoms with Crippen LogP contribution in [0, 0.1) is 16.0 Å². The van der Waals surface area contributed by atoms with Crippen LogP contribution >= 0.6 is 0 Å². The Bertz CT molecular complexity index is 547. The Hall–Kier alpha value is -2.18. The molecule has 0 aromatic carbocycles. The highest BCUT2D eigenvalue weighted by Crippen LogP contribution is 2.23. The minimum Gasteiger partial charge on any atom is -0.370 e. The van der Waals surface area contributed by atoms with E-state index in [-0.39, 0.29) is 17.2 Å². The molecule has 1 N–H and O–H groups in total. The fraction of sp³-hybridized carbons (Fsp3) is 0.571. The number of nitrogens with one attached hydrogen (secondary N) is 1. The van der Waals surface area contributed by atoms with Gasteiger partial charge in [0.2, 0.25) is 0 Å². The maximum atomic E-state index is 12.6. The predicted octanol–water partition coefficient (Wildman–Crippen LogP) is 2.29. The van der Waals surface area contributed by atoms with E-state index in [0.29, 0.717) is 31.4 Å². The largest absolute Gasteiger partial charge is 0.370 e. The lowest BCUT2D eigenvalue weighted by Gasteiger charge is -2.31. The van der Waals surface area contributed by atoms with Crippen molar-refractivity contribution in [2.45, 2.75) is 26.7 Å². The maximum Gasteiger partial charge on any atom is 0.288 e. The van der Waals surface area contributed by atoms with Gasteiger partial charge in [0.1, 0.15) is 12.0 Å². The van der Waals surface area contributed by atoms with Crippen LogP contribution in [0.25, 0.3) is 0 Å². The van der Waals surface area contributed by atoms with Gasteiger partial charge in [-0.25, -0.2) is 4.98 Å². The first-order chi connectivity index (χ1) is 10.0. The summed E-state index contributed by atoms with van der Waals surface area (Å²) in [5, 5.41) is 13.9. The van der Waals surface area contributed by atoms with Crippen molar-refractivity contribution < 1.29 is 9.72 Å². The lowest BCUT2D eigenvalue weighted by molar-refractivity contribution is -0.385. The summed E-state index contributed by atoms with van der Waals surface area (Å²) < 4.78 is 0. The van der Waals surface area contributed by atoms with Crippen LogP contribution in [-0.4, -0.2) is 40.3 Å². The number of carbonyl (C=O) groups is 1. The molecule has 1 aromatic rings. The maximum absolute atomic E-state index is 12.6. The van der Waals surface area contributed by atoms with E-state index in [1.165, 1.54) is 12.3 Å². The zero-order chi connectivity index (χ0) is 15.4. The molecule has 2 heterocycles. The molecule has 1 aliphatic heterocycles. The summed E-state index contributed by atoms with van der Waals surface area (Å²) in [5.74, 6) is 0.678. The van der Waals surface area contributed by atoms with Gasteiger partial charge in [-0.2, -0.15) is 0 Å². The Kier molecular flexibility index (Phi) is 4.72. The van der Waals surface area contributed by atoms with Gasteiger partial charge >= 0.3 is 0 Å². The quantitative estimate of drug-likeness (QED) is 0.679. The van der Waals surface area contributed by atoms with Crippen molar-refractivity contribution >= 4 is 17.4 Å². The molecule has 0 bridgehead atoms. The number of anilines is 1. The molecule has 2 rings (SSSR count). The van der Waals surface area contributed by atoms with Gasteiger partial charge in [-0.3, -0.25) is 14.9 Å². The monoisotopic (exact) mass is 292 g/mol. The first-order valence-electron chi connectivity index (χ1n) is 7.20. The van der Waals surface area contributed by atoms with E-state index >= 15 is 0 Å². The summed E-state index contributed by atoms with van der Waals surface area (Å²) in [6.07, 6.45) is 3.25. The summed E-state index contributed by atoms with van der Waals surface area (Å²) >= 11 is 0. The number of hydrogen-bond acceptors (Lipinski definition) is 5. The SMILES string of the molecule is CCNc1ncc([N+](=O)[O-])cc1C(=O)N1CCCC(C)C1. The van der Waals surface area contributed by atoms with E-state index in [1.807, 2.05) is 6.92 Å². The highest BCUT2D eigenvalue weighted by atomic mass is 16.6. The van der Waals surface area contributed by atoms with Crippen molar-refractivity contribution in [3.8, 4) is 0 Å². The normalized spacial score (nSPS) is 18.4. The first kappa shape index (κ1) is 15.2. The molecule has 1 atom stereocenters. The lowest BCUT2D eigenvalue weighted by Crippen LogP contribution is -2.39. The van der Waals surface area contributed by atoms with Crippen molar-refractivity contribution in [3.63, 3.8) is 0 Å². The van der Waals surface area contributed by atoms with Crippen molar-refractivity contribution in [2.75, 3.05) is 25.0 Å². The van der Waals surface area contributed by atoms with Gasteiger partial charge in [-0.15, -0.1) is 0 Å². The third-order valence-electron chi connectivity index (χ3n) is 3.60. The van der Waals surface area contributed by atoms with Gasteiger partial charge in [0, 0.05) is 25.7 Å². The molecule has 0 radical (unpaired) electrons. The van der Waals surface area contributed by atoms with E-state index < -0.39 is 4.92 Å². The molecule has 0 spiro atoms. The minimum absolute atomic E-state index is 0.162. The molecule has 1 amide bonds. The number of aromatic nitrogens is 1. The van der Waals surface area contributed by atoms with Crippen molar-refractivity contribution in [1.29, 1.82) is 0 Å². The number of nitrogens with zero attached hydrogens (tertiary/aromatic N) is 3. The summed E-state index contributed by atoms with van der Waals surface area (Å²) in [6, 6.07) is 1.31. The summed E-state index contributed by atoms with van der Waals surface area (Å²) in [4.78, 5) is 28.8. The second-order valence-corrected chi connectivity index (χ2v) is 5.38. The summed E-state index contributed by atoms with van der Waals surface area (Å²) in [7, 11) is 0. The summed E-state index contributed by atoms with van der Waals surface area (Å²) in [5.41, 5.74) is 0.116. The number of piperidine rings is 1. The zero-order valence-electron chi connectivity index (χ0n) is 12.3. The molecule has 1 aliphatic rings. The van der Waals surface area contributed by atoms with Crippen LogP contribution in [0.2, 0.25) is 0 Å². The molecule has 1 saturated heterocycles. The molecule has 21 heavy (non-hydrogen) atoms. The van der Waals surface area contributed by atoms with Gasteiger partial charge in [0.05, 0.1) is 10.5 Å². The topological polar surface area (TPSA) is 88.4 Å². The van der Waals surface area contributed by atoms with Gasteiger partial charge in [0.15, 0.2) is 0 Å². The molecule has 114 valence electrons. The van der Waals surface area contributed by atoms with Gasteiger partial charge < -0.3 is 10.2 Å². The number of rotatable bonds is 4. The Labute approximate surface area is 123 Å². The van der Waals surface area contributed by atoms with Crippen molar-refractivity contribution in [2.24, 2.45) is 5.92 Å². The van der Waals surface area contributed by atoms with Gasteiger partial charge in [-0.05, 0) is 25.7 Å². The molecule has 1 fully saturated rings. The van der Waals surface area contributed by atoms with Crippen LogP contribution in [0.1, 0.15) is 37.0 Å². The Balaban J connectivity index is 2.32. The van der Waals surface area contributed by atoms with Crippen molar-refractivity contribution in [3.05, 3.63) is 27.9 Å². The molecular formula is C14H20N4O3. The van der Waals surface area contributed by atoms with Crippen molar-refractivity contribution in [1.82, 2.24) is 9.88 Å². The highest BCUT2D eigenvalue weighted by molar-refractivity contribution is 5.99. The fourth-order valence-electron chi connectivity index (χ4n) is 2.57. The lowest BCUT2D eigenvalue weighted by atomic mass is 9.99. The zero-order valence-corrected chi connectivity index (χ0v) is 12.3. The molecule has 7 heteroatoms. The Morgan fingerprint density at radius 2 is 2.38 bits per heavy atom. The second-order valence-electron chi connectivity index (χ2n) is 5.38. The number of pyridine rings is 1. The predicted molar refractivity (Wildman–Crippen MR) is 79.4 cm³/mol. The van der Waals surface area contributed by atoms with Crippen LogP contribution in [0.4, 0.5) is 11.5 Å². The number of hydrogen-bond donors (Lipinski definition) is 1. The molecule has 1 aromatic heterocycles. The van der Waals surface area contributed by atoms with E-state index in [1.54, 1.807) is 4.90 Å². The highest BCUT2D eigenvalue weighted by Gasteiger charge is 2.26. The van der Waals surface area contributed by atoms with E-state index in [4.69, 9.17) is 0 Å². The third kappa shape index (κ3) is 3.48. The Morgan fingerprint density at radius 1 is 1.62 bits per heavy atom. The molecule has 7 nitrogen and oxygen atoms in total. The van der Waals surface area contributed by atoms with Crippen LogP contribution in [0.5, 0.6) is 0 Å². The van der Waals surface area contributed by atoms with Crippen LogP contribution in [0.15, 0.2) is 12.3 Å². The number of nitro groups is 1. The van der Waals surface area contributed by atoms with Gasteiger partial charge in [0.25, 0.3) is 11.6 Å². The second kappa shape index (κ2) is 6.51. The molecule has 1 unspecified atom stereocenters. The van der Waals surface area contributed by atoms with E-state index in [9.17, 15) is 14.9 Å². The van der Waals surface area contributed by atoms with Gasteiger partial charge in [-0.1, -0.05) is 6.92 Å². The Morgan fingerprint density at radius 3 is 3.00 bits per heavy atom. The van der Waals surface area contributed by atoms with E-state index in [2.05, 4.69) is 17.2 Å². The van der Waals surface area contributed by atoms with Crippen LogP contribution in [-0.2, 0) is 0 Å². The minimum atomic E-state index is -0.529. The third-order valence-corrected chi connectivity index (χ3v) is 3.60. The number of carbonyl (C=O) groups excluding carboxylic acids is 1. The number of likely N-dealkylation sites (tertiary alicyclic amines) is 1. The van der Waals surface area contributed by atoms with E-state index in [0.717, 1.165) is 12.8 Å². The standard InChI is InChI=1S/C14H20N4O3/c1-3-15-13-12(7-11(8-16-13)18(20)21)14(19)17-6-4-5-10(2)9-17/h7-8,10H,3-6,9H2,1-2H3,(H,15,16). The molecule has 0 aliphatic carbocycles. The van der Waals surface area contributed by atoms with Crippen LogP contribution < -0.4 is 5.32 Å². The molecule has 0 saturated carbocycles.